The standard InChI is InChI=1S/C26H26N4O3/c1-31-20-4-6-23-21(14-20)24(8-9-27-23)30-16-18-13-19(3-5-22(18)29-30)28-15-17-2-7-25-26(12-17)33-11-10-32-25/h2,4,6-9,12,14,16,19,28H,3,5,10-11,13,15H2,1H3. The lowest BCUT2D eigenvalue weighted by atomic mass is 9.93. The van der Waals surface area contributed by atoms with Crippen LogP contribution in [0.4, 0.5) is 0 Å². The molecule has 0 bridgehead atoms. The summed E-state index contributed by atoms with van der Waals surface area (Å²) in [5, 5.41) is 9.67. The Labute approximate surface area is 192 Å². The minimum absolute atomic E-state index is 0.414. The molecule has 2 aromatic heterocycles. The first kappa shape index (κ1) is 20.1. The summed E-state index contributed by atoms with van der Waals surface area (Å²) in [5.41, 5.74) is 5.64. The topological polar surface area (TPSA) is 70.4 Å². The summed E-state index contributed by atoms with van der Waals surface area (Å²) >= 11 is 0. The lowest BCUT2D eigenvalue weighted by molar-refractivity contribution is 0.171. The molecule has 33 heavy (non-hydrogen) atoms. The van der Waals surface area contributed by atoms with Gasteiger partial charge in [0, 0.05) is 30.4 Å². The predicted octanol–water partition coefficient (Wildman–Crippen LogP) is 3.85. The number of hydrogen-bond acceptors (Lipinski definition) is 6. The van der Waals surface area contributed by atoms with Crippen molar-refractivity contribution in [1.82, 2.24) is 20.1 Å². The number of methoxy groups -OCH3 is 1. The fourth-order valence-electron chi connectivity index (χ4n) is 4.70. The summed E-state index contributed by atoms with van der Waals surface area (Å²) in [6.45, 7) is 2.03. The van der Waals surface area contributed by atoms with Gasteiger partial charge in [0.15, 0.2) is 11.5 Å². The number of hydrogen-bond donors (Lipinski definition) is 1. The lowest BCUT2D eigenvalue weighted by Gasteiger charge is -2.23. The van der Waals surface area contributed by atoms with Crippen molar-refractivity contribution < 1.29 is 14.2 Å². The van der Waals surface area contributed by atoms with E-state index in [1.54, 1.807) is 7.11 Å². The number of nitrogens with one attached hydrogen (secondary N) is 1. The van der Waals surface area contributed by atoms with Gasteiger partial charge in [-0.15, -0.1) is 0 Å². The number of benzene rings is 2. The monoisotopic (exact) mass is 442 g/mol. The van der Waals surface area contributed by atoms with Crippen molar-refractivity contribution in [3.8, 4) is 22.9 Å². The fourth-order valence-corrected chi connectivity index (χ4v) is 4.70. The summed E-state index contributed by atoms with van der Waals surface area (Å²) in [5.74, 6) is 2.49. The van der Waals surface area contributed by atoms with E-state index in [9.17, 15) is 0 Å². The molecule has 0 saturated heterocycles. The molecule has 0 amide bonds. The maximum absolute atomic E-state index is 5.72. The molecular formula is C26H26N4O3. The van der Waals surface area contributed by atoms with E-state index in [1.165, 1.54) is 16.8 Å². The average molecular weight is 443 g/mol. The maximum Gasteiger partial charge on any atom is 0.161 e. The van der Waals surface area contributed by atoms with Gasteiger partial charge in [-0.2, -0.15) is 5.10 Å². The van der Waals surface area contributed by atoms with Crippen LogP contribution in [-0.4, -0.2) is 41.1 Å². The minimum Gasteiger partial charge on any atom is -0.497 e. The molecule has 1 atom stereocenters. The Hall–Kier alpha value is -3.58. The quantitative estimate of drug-likeness (QED) is 0.506. The molecule has 2 aromatic carbocycles. The summed E-state index contributed by atoms with van der Waals surface area (Å²) in [6.07, 6.45) is 7.00. The van der Waals surface area contributed by atoms with E-state index in [2.05, 4.69) is 28.6 Å². The van der Waals surface area contributed by atoms with E-state index < -0.39 is 0 Å². The van der Waals surface area contributed by atoms with Crippen molar-refractivity contribution in [3.63, 3.8) is 0 Å². The van der Waals surface area contributed by atoms with Crippen molar-refractivity contribution >= 4 is 10.9 Å². The first-order valence-corrected chi connectivity index (χ1v) is 11.4. The molecule has 0 saturated carbocycles. The number of aromatic nitrogens is 3. The van der Waals surface area contributed by atoms with Gasteiger partial charge in [0.2, 0.25) is 0 Å². The minimum atomic E-state index is 0.414. The molecule has 7 nitrogen and oxygen atoms in total. The van der Waals surface area contributed by atoms with Crippen LogP contribution in [0.2, 0.25) is 0 Å². The van der Waals surface area contributed by atoms with Gasteiger partial charge in [0.25, 0.3) is 0 Å². The number of aryl methyl sites for hydroxylation is 1. The highest BCUT2D eigenvalue weighted by atomic mass is 16.6. The van der Waals surface area contributed by atoms with Crippen molar-refractivity contribution in [3.05, 3.63) is 71.7 Å². The number of fused-ring (bicyclic) bond motifs is 3. The zero-order valence-electron chi connectivity index (χ0n) is 18.6. The molecule has 3 heterocycles. The molecule has 0 fully saturated rings. The molecule has 1 aliphatic heterocycles. The van der Waals surface area contributed by atoms with E-state index in [4.69, 9.17) is 19.3 Å². The zero-order chi connectivity index (χ0) is 22.2. The van der Waals surface area contributed by atoms with Crippen LogP contribution in [0.15, 0.2) is 54.9 Å². The lowest BCUT2D eigenvalue weighted by Crippen LogP contribution is -2.33. The van der Waals surface area contributed by atoms with Crippen molar-refractivity contribution in [2.75, 3.05) is 20.3 Å². The Balaban J connectivity index is 1.19. The molecule has 4 aromatic rings. The van der Waals surface area contributed by atoms with Crippen LogP contribution in [-0.2, 0) is 19.4 Å². The number of rotatable bonds is 5. The molecule has 1 N–H and O–H groups in total. The second kappa shape index (κ2) is 8.41. The first-order chi connectivity index (χ1) is 16.3. The number of pyridine rings is 1. The Morgan fingerprint density at radius 2 is 2.00 bits per heavy atom. The predicted molar refractivity (Wildman–Crippen MR) is 126 cm³/mol. The maximum atomic E-state index is 5.72. The SMILES string of the molecule is COc1ccc2nccc(-n3cc4c(n3)CCC(NCc3ccc5c(c3)OCCO5)C4)c2c1. The van der Waals surface area contributed by atoms with E-state index in [-0.39, 0.29) is 0 Å². The Morgan fingerprint density at radius 3 is 2.91 bits per heavy atom. The van der Waals surface area contributed by atoms with Gasteiger partial charge in [-0.3, -0.25) is 4.98 Å². The Morgan fingerprint density at radius 1 is 1.09 bits per heavy atom. The summed E-state index contributed by atoms with van der Waals surface area (Å²) in [4.78, 5) is 4.49. The summed E-state index contributed by atoms with van der Waals surface area (Å²) in [6, 6.07) is 14.6. The molecule has 1 aliphatic carbocycles. The molecule has 0 spiro atoms. The smallest absolute Gasteiger partial charge is 0.161 e. The van der Waals surface area contributed by atoms with Gasteiger partial charge >= 0.3 is 0 Å². The largest absolute Gasteiger partial charge is 0.497 e. The van der Waals surface area contributed by atoms with Crippen molar-refractivity contribution in [2.45, 2.75) is 31.8 Å². The Bertz CT molecular complexity index is 1320. The molecule has 1 unspecified atom stereocenters. The van der Waals surface area contributed by atoms with Gasteiger partial charge in [-0.05, 0) is 66.8 Å². The normalized spacial score (nSPS) is 17.1. The van der Waals surface area contributed by atoms with Gasteiger partial charge in [0.05, 0.1) is 24.0 Å². The molecule has 0 radical (unpaired) electrons. The molecule has 168 valence electrons. The van der Waals surface area contributed by atoms with Crippen LogP contribution in [0.3, 0.4) is 0 Å². The van der Waals surface area contributed by atoms with Crippen LogP contribution in [0.5, 0.6) is 17.2 Å². The average Bonchev–Trinajstić information content (AvgIpc) is 3.30. The molecular weight excluding hydrogens is 416 g/mol. The third kappa shape index (κ3) is 3.89. The summed E-state index contributed by atoms with van der Waals surface area (Å²) in [7, 11) is 1.68. The van der Waals surface area contributed by atoms with Crippen molar-refractivity contribution in [2.24, 2.45) is 0 Å². The van der Waals surface area contributed by atoms with Gasteiger partial charge < -0.3 is 19.5 Å². The van der Waals surface area contributed by atoms with Gasteiger partial charge in [0.1, 0.15) is 19.0 Å². The fraction of sp³-hybridized carbons (Fsp3) is 0.308. The second-order valence-corrected chi connectivity index (χ2v) is 8.56. The zero-order valence-corrected chi connectivity index (χ0v) is 18.6. The highest BCUT2D eigenvalue weighted by molar-refractivity contribution is 5.88. The summed E-state index contributed by atoms with van der Waals surface area (Å²) < 4.78 is 18.8. The van der Waals surface area contributed by atoms with E-state index in [0.717, 1.165) is 59.6 Å². The third-order valence-corrected chi connectivity index (χ3v) is 6.45. The third-order valence-electron chi connectivity index (χ3n) is 6.45. The second-order valence-electron chi connectivity index (χ2n) is 8.56. The van der Waals surface area contributed by atoms with E-state index in [0.29, 0.717) is 19.3 Å². The van der Waals surface area contributed by atoms with Crippen LogP contribution < -0.4 is 19.5 Å². The van der Waals surface area contributed by atoms with Crippen LogP contribution in [0.25, 0.3) is 16.6 Å². The molecule has 6 rings (SSSR count). The number of ether oxygens (including phenoxy) is 3. The van der Waals surface area contributed by atoms with E-state index >= 15 is 0 Å². The van der Waals surface area contributed by atoms with Gasteiger partial charge in [-0.25, -0.2) is 4.68 Å². The number of nitrogens with zero attached hydrogens (tertiary/aromatic N) is 3. The van der Waals surface area contributed by atoms with E-state index in [1.807, 2.05) is 41.2 Å². The van der Waals surface area contributed by atoms with Crippen LogP contribution in [0, 0.1) is 0 Å². The van der Waals surface area contributed by atoms with Crippen LogP contribution >= 0.6 is 0 Å². The van der Waals surface area contributed by atoms with Gasteiger partial charge in [-0.1, -0.05) is 6.07 Å². The molecule has 7 heteroatoms. The van der Waals surface area contributed by atoms with Crippen LogP contribution in [0.1, 0.15) is 23.2 Å². The first-order valence-electron chi connectivity index (χ1n) is 11.4. The van der Waals surface area contributed by atoms with Crippen molar-refractivity contribution in [1.29, 1.82) is 0 Å². The highest BCUT2D eigenvalue weighted by Gasteiger charge is 2.22. The highest BCUT2D eigenvalue weighted by Crippen LogP contribution is 2.31. The molecule has 2 aliphatic rings. The Kier molecular flexibility index (Phi) is 5.11.